The maximum atomic E-state index is 12.6. The Morgan fingerprint density at radius 3 is 2.38 bits per heavy atom. The predicted molar refractivity (Wildman–Crippen MR) is 97.5 cm³/mol. The monoisotopic (exact) mass is 354 g/mol. The van der Waals surface area contributed by atoms with Gasteiger partial charge < -0.3 is 15.8 Å². The zero-order valence-corrected chi connectivity index (χ0v) is 14.6. The minimum absolute atomic E-state index is 0.0475. The predicted octanol–water partition coefficient (Wildman–Crippen LogP) is 1.23. The number of methoxy groups -OCH3 is 1. The number of guanidine groups is 1. The molecule has 0 radical (unpaired) electrons. The van der Waals surface area contributed by atoms with Crippen molar-refractivity contribution in [3.63, 3.8) is 0 Å². The van der Waals surface area contributed by atoms with Crippen molar-refractivity contribution < 1.29 is 14.3 Å². The molecule has 2 fully saturated rings. The van der Waals surface area contributed by atoms with E-state index in [0.29, 0.717) is 0 Å². The molecule has 3 N–H and O–H groups in total. The molecule has 0 spiro atoms. The second-order valence-corrected chi connectivity index (χ2v) is 6.95. The van der Waals surface area contributed by atoms with Gasteiger partial charge in [0.2, 0.25) is 11.8 Å². The van der Waals surface area contributed by atoms with Gasteiger partial charge in [0.05, 0.1) is 25.5 Å². The molecule has 1 saturated heterocycles. The molecule has 4 rings (SSSR count). The van der Waals surface area contributed by atoms with E-state index in [4.69, 9.17) is 10.5 Å². The lowest BCUT2D eigenvalue weighted by Gasteiger charge is -2.16. The first kappa shape index (κ1) is 16.6. The summed E-state index contributed by atoms with van der Waals surface area (Å²) in [6.07, 6.45) is 5.13. The number of ether oxygens (including phenoxy) is 1. The third-order valence-corrected chi connectivity index (χ3v) is 5.53. The number of hydrogen-bond donors (Lipinski definition) is 2. The molecule has 1 saturated carbocycles. The SMILES string of the molecule is COc1ccc(NC(N)=NCCN2C(=O)C3C4C=CC(C4)C3C2=O)cc1. The third kappa shape index (κ3) is 2.73. The second-order valence-electron chi connectivity index (χ2n) is 6.95. The van der Waals surface area contributed by atoms with Crippen LogP contribution in [0.3, 0.4) is 0 Å². The van der Waals surface area contributed by atoms with Gasteiger partial charge in [-0.1, -0.05) is 12.2 Å². The fraction of sp³-hybridized carbons (Fsp3) is 0.421. The molecular formula is C19H22N4O3. The van der Waals surface area contributed by atoms with Crippen LogP contribution in [0.2, 0.25) is 0 Å². The van der Waals surface area contributed by atoms with Crippen LogP contribution < -0.4 is 15.8 Å². The van der Waals surface area contributed by atoms with E-state index in [1.54, 1.807) is 7.11 Å². The number of allylic oxidation sites excluding steroid dienone is 2. The number of rotatable bonds is 5. The summed E-state index contributed by atoms with van der Waals surface area (Å²) in [5.41, 5.74) is 6.68. The molecule has 1 aromatic carbocycles. The number of fused-ring (bicyclic) bond motifs is 5. The molecule has 7 nitrogen and oxygen atoms in total. The Labute approximate surface area is 151 Å². The first-order valence-electron chi connectivity index (χ1n) is 8.83. The van der Waals surface area contributed by atoms with Gasteiger partial charge in [-0.3, -0.25) is 19.5 Å². The van der Waals surface area contributed by atoms with Crippen molar-refractivity contribution in [3.8, 4) is 5.75 Å². The minimum atomic E-state index is -0.156. The fourth-order valence-corrected chi connectivity index (χ4v) is 4.32. The average molecular weight is 354 g/mol. The number of carbonyl (C=O) groups is 2. The molecule has 2 amide bonds. The van der Waals surface area contributed by atoms with Crippen molar-refractivity contribution >= 4 is 23.5 Å². The Bertz CT molecular complexity index is 756. The molecule has 3 aliphatic rings. The first-order chi connectivity index (χ1) is 12.6. The second kappa shape index (κ2) is 6.48. The van der Waals surface area contributed by atoms with Crippen LogP contribution in [0.1, 0.15) is 6.42 Å². The van der Waals surface area contributed by atoms with E-state index in [-0.39, 0.29) is 54.5 Å². The Hall–Kier alpha value is -2.83. The standard InChI is InChI=1S/C19H22N4O3/c1-26-14-6-4-13(5-7-14)22-19(20)21-8-9-23-17(24)15-11-2-3-12(10-11)16(15)18(23)25/h2-7,11-12,15-16H,8-10H2,1H3,(H3,20,21,22). The van der Waals surface area contributed by atoms with Crippen LogP contribution >= 0.6 is 0 Å². The van der Waals surface area contributed by atoms with Gasteiger partial charge in [0.25, 0.3) is 0 Å². The van der Waals surface area contributed by atoms with Crippen molar-refractivity contribution in [1.82, 2.24) is 4.90 Å². The fourth-order valence-electron chi connectivity index (χ4n) is 4.32. The Kier molecular flexibility index (Phi) is 4.14. The number of amides is 2. The van der Waals surface area contributed by atoms with E-state index in [1.165, 1.54) is 4.90 Å². The lowest BCUT2D eigenvalue weighted by molar-refractivity contribution is -0.140. The molecule has 1 heterocycles. The van der Waals surface area contributed by atoms with E-state index >= 15 is 0 Å². The number of aliphatic imine (C=N–C) groups is 1. The lowest BCUT2D eigenvalue weighted by atomic mass is 9.85. The minimum Gasteiger partial charge on any atom is -0.497 e. The first-order valence-corrected chi connectivity index (χ1v) is 8.83. The average Bonchev–Trinajstić information content (AvgIpc) is 3.32. The van der Waals surface area contributed by atoms with Crippen LogP contribution in [0, 0.1) is 23.7 Å². The van der Waals surface area contributed by atoms with Gasteiger partial charge in [-0.05, 0) is 42.5 Å². The highest BCUT2D eigenvalue weighted by atomic mass is 16.5. The number of benzene rings is 1. The molecule has 2 aliphatic carbocycles. The number of hydrogen-bond acceptors (Lipinski definition) is 4. The summed E-state index contributed by atoms with van der Waals surface area (Å²) in [6, 6.07) is 7.30. The zero-order valence-electron chi connectivity index (χ0n) is 14.6. The number of likely N-dealkylation sites (tertiary alicyclic amines) is 1. The smallest absolute Gasteiger partial charge is 0.233 e. The third-order valence-electron chi connectivity index (χ3n) is 5.53. The summed E-state index contributed by atoms with van der Waals surface area (Å²) >= 11 is 0. The number of anilines is 1. The lowest BCUT2D eigenvalue weighted by Crippen LogP contribution is -2.35. The van der Waals surface area contributed by atoms with Gasteiger partial charge in [0.15, 0.2) is 5.96 Å². The van der Waals surface area contributed by atoms with E-state index in [1.807, 2.05) is 24.3 Å². The summed E-state index contributed by atoms with van der Waals surface area (Å²) < 4.78 is 5.10. The summed E-state index contributed by atoms with van der Waals surface area (Å²) in [6.45, 7) is 0.559. The van der Waals surface area contributed by atoms with Crippen molar-refractivity contribution in [2.45, 2.75) is 6.42 Å². The van der Waals surface area contributed by atoms with Crippen LogP contribution in [-0.2, 0) is 9.59 Å². The molecule has 2 bridgehead atoms. The Balaban J connectivity index is 1.33. The van der Waals surface area contributed by atoms with Crippen molar-refractivity contribution in [2.24, 2.45) is 34.4 Å². The number of nitrogens with zero attached hydrogens (tertiary/aromatic N) is 2. The Morgan fingerprint density at radius 2 is 1.81 bits per heavy atom. The summed E-state index contributed by atoms with van der Waals surface area (Å²) in [5, 5.41) is 2.98. The maximum absolute atomic E-state index is 12.6. The van der Waals surface area contributed by atoms with Crippen LogP contribution in [0.25, 0.3) is 0 Å². The molecule has 4 atom stereocenters. The summed E-state index contributed by atoms with van der Waals surface area (Å²) in [4.78, 5) is 30.8. The molecule has 1 aliphatic heterocycles. The van der Waals surface area contributed by atoms with Gasteiger partial charge in [-0.25, -0.2) is 0 Å². The zero-order chi connectivity index (χ0) is 18.3. The number of imide groups is 1. The number of nitrogens with one attached hydrogen (secondary N) is 1. The number of carbonyl (C=O) groups excluding carboxylic acids is 2. The quantitative estimate of drug-likeness (QED) is 0.359. The highest BCUT2D eigenvalue weighted by molar-refractivity contribution is 6.06. The van der Waals surface area contributed by atoms with Crippen molar-refractivity contribution in [3.05, 3.63) is 36.4 Å². The molecular weight excluding hydrogens is 332 g/mol. The number of nitrogens with two attached hydrogens (primary N) is 1. The molecule has 1 aromatic rings. The highest BCUT2D eigenvalue weighted by Gasteiger charge is 2.58. The highest BCUT2D eigenvalue weighted by Crippen LogP contribution is 2.52. The normalized spacial score (nSPS) is 29.4. The molecule has 0 aromatic heterocycles. The van der Waals surface area contributed by atoms with Gasteiger partial charge in [-0.2, -0.15) is 0 Å². The topological polar surface area (TPSA) is 97.0 Å². The molecule has 7 heteroatoms. The van der Waals surface area contributed by atoms with Gasteiger partial charge in [0.1, 0.15) is 5.75 Å². The van der Waals surface area contributed by atoms with Crippen molar-refractivity contribution in [1.29, 1.82) is 0 Å². The van der Waals surface area contributed by atoms with E-state index in [2.05, 4.69) is 22.5 Å². The maximum Gasteiger partial charge on any atom is 0.233 e. The molecule has 136 valence electrons. The van der Waals surface area contributed by atoms with Gasteiger partial charge >= 0.3 is 0 Å². The Morgan fingerprint density at radius 1 is 1.19 bits per heavy atom. The van der Waals surface area contributed by atoms with Gasteiger partial charge in [-0.15, -0.1) is 0 Å². The molecule has 26 heavy (non-hydrogen) atoms. The van der Waals surface area contributed by atoms with Crippen LogP contribution in [-0.4, -0.2) is 42.9 Å². The van der Waals surface area contributed by atoms with E-state index in [9.17, 15) is 9.59 Å². The van der Waals surface area contributed by atoms with Crippen LogP contribution in [0.5, 0.6) is 5.75 Å². The molecule has 4 unspecified atom stereocenters. The van der Waals surface area contributed by atoms with E-state index in [0.717, 1.165) is 17.9 Å². The van der Waals surface area contributed by atoms with Crippen LogP contribution in [0.15, 0.2) is 41.4 Å². The summed E-state index contributed by atoms with van der Waals surface area (Å²) in [5.74, 6) is 1.06. The van der Waals surface area contributed by atoms with Crippen molar-refractivity contribution in [2.75, 3.05) is 25.5 Å². The van der Waals surface area contributed by atoms with E-state index < -0.39 is 0 Å². The summed E-state index contributed by atoms with van der Waals surface area (Å²) in [7, 11) is 1.61. The largest absolute Gasteiger partial charge is 0.497 e. The van der Waals surface area contributed by atoms with Crippen LogP contribution in [0.4, 0.5) is 5.69 Å². The van der Waals surface area contributed by atoms with Gasteiger partial charge in [0, 0.05) is 12.2 Å².